The van der Waals surface area contributed by atoms with E-state index in [0.29, 0.717) is 25.1 Å². The molecule has 0 saturated carbocycles. The van der Waals surface area contributed by atoms with Crippen molar-refractivity contribution >= 4 is 11.6 Å². The summed E-state index contributed by atoms with van der Waals surface area (Å²) in [5.74, 6) is 0.596. The van der Waals surface area contributed by atoms with Gasteiger partial charge < -0.3 is 5.32 Å². The van der Waals surface area contributed by atoms with E-state index in [0.717, 1.165) is 11.1 Å². The number of hydrogen-bond acceptors (Lipinski definition) is 2. The summed E-state index contributed by atoms with van der Waals surface area (Å²) >= 11 is 0. The van der Waals surface area contributed by atoms with Crippen LogP contribution in [0, 0.1) is 5.41 Å². The largest absolute Gasteiger partial charge is 0.369 e. The molecule has 2 N–H and O–H groups in total. The topological polar surface area (TPSA) is 53.0 Å². The molecule has 0 unspecified atom stereocenters. The number of hydrogen-bond donors (Lipinski definition) is 2. The molecular weight excluding hydrogens is 296 g/mol. The lowest BCUT2D eigenvalue weighted by molar-refractivity contribution is -0.118. The molecule has 0 fully saturated rings. The van der Waals surface area contributed by atoms with Crippen LogP contribution in [0.25, 0.3) is 11.1 Å². The maximum Gasteiger partial charge on any atom is 0.137 e. The van der Waals surface area contributed by atoms with Crippen molar-refractivity contribution in [3.63, 3.8) is 0 Å². The first-order valence-electron chi connectivity index (χ1n) is 8.35. The fourth-order valence-corrected chi connectivity index (χ4v) is 2.54. The van der Waals surface area contributed by atoms with Crippen molar-refractivity contribution in [3.05, 3.63) is 60.2 Å². The molecule has 2 rings (SSSR count). The average molecular weight is 322 g/mol. The first-order chi connectivity index (χ1) is 11.3. The van der Waals surface area contributed by atoms with Crippen LogP contribution in [0.4, 0.5) is 0 Å². The van der Waals surface area contributed by atoms with E-state index in [-0.39, 0.29) is 11.3 Å². The molecular formula is C21H26N2O. The summed E-state index contributed by atoms with van der Waals surface area (Å²) in [4.78, 5) is 12.1. The summed E-state index contributed by atoms with van der Waals surface area (Å²) in [5.41, 5.74) is 3.22. The summed E-state index contributed by atoms with van der Waals surface area (Å²) in [5, 5.41) is 11.0. The van der Waals surface area contributed by atoms with E-state index < -0.39 is 0 Å². The zero-order valence-corrected chi connectivity index (χ0v) is 14.7. The number of nitrogens with one attached hydrogen (secondary N) is 2. The predicted octanol–water partition coefficient (Wildman–Crippen LogP) is 4.61. The van der Waals surface area contributed by atoms with Crippen molar-refractivity contribution in [2.24, 2.45) is 0 Å². The minimum atomic E-state index is -0.132. The van der Waals surface area contributed by atoms with Gasteiger partial charge in [0.25, 0.3) is 0 Å². The Kier molecular flexibility index (Phi) is 5.91. The maximum absolute atomic E-state index is 12.1. The summed E-state index contributed by atoms with van der Waals surface area (Å²) in [7, 11) is 0. The molecule has 2 aromatic rings. The van der Waals surface area contributed by atoms with Gasteiger partial charge in [-0.2, -0.15) is 0 Å². The number of ketones is 1. The molecule has 0 aliphatic carbocycles. The molecule has 3 heteroatoms. The fraction of sp³-hybridized carbons (Fsp3) is 0.333. The molecule has 2 aromatic carbocycles. The van der Waals surface area contributed by atoms with Crippen LogP contribution in [0.3, 0.4) is 0 Å². The summed E-state index contributed by atoms with van der Waals surface area (Å²) in [6.45, 7) is 6.03. The Balaban J connectivity index is 1.85. The highest BCUT2D eigenvalue weighted by Crippen LogP contribution is 2.19. The third-order valence-corrected chi connectivity index (χ3v) is 3.64. The first kappa shape index (κ1) is 17.9. The normalized spacial score (nSPS) is 11.1. The van der Waals surface area contributed by atoms with Crippen LogP contribution in [-0.4, -0.2) is 17.2 Å². The average Bonchev–Trinajstić information content (AvgIpc) is 2.53. The quantitative estimate of drug-likeness (QED) is 0.603. The van der Waals surface area contributed by atoms with Gasteiger partial charge >= 0.3 is 0 Å². The van der Waals surface area contributed by atoms with Gasteiger partial charge in [0.05, 0.1) is 5.84 Å². The standard InChI is InChI=1S/C21H26N2O/c1-21(2,3)23-20(22)14-13-19(24)15-16-9-11-18(12-10-16)17-7-5-4-6-8-17/h4-12H,13-15H2,1-3H3,(H2,22,23). The van der Waals surface area contributed by atoms with E-state index >= 15 is 0 Å². The lowest BCUT2D eigenvalue weighted by Crippen LogP contribution is -2.40. The van der Waals surface area contributed by atoms with Crippen molar-refractivity contribution in [3.8, 4) is 11.1 Å². The zero-order chi connectivity index (χ0) is 17.6. The molecule has 0 amide bonds. The Hall–Kier alpha value is -2.42. The van der Waals surface area contributed by atoms with Crippen molar-refractivity contribution in [2.75, 3.05) is 0 Å². The van der Waals surface area contributed by atoms with Gasteiger partial charge in [-0.3, -0.25) is 10.2 Å². The highest BCUT2D eigenvalue weighted by atomic mass is 16.1. The molecule has 0 saturated heterocycles. The molecule has 126 valence electrons. The minimum absolute atomic E-state index is 0.132. The number of amidine groups is 1. The van der Waals surface area contributed by atoms with Gasteiger partial charge in [0.15, 0.2) is 0 Å². The Morgan fingerprint density at radius 3 is 2.08 bits per heavy atom. The summed E-state index contributed by atoms with van der Waals surface area (Å²) < 4.78 is 0. The molecule has 0 radical (unpaired) electrons. The van der Waals surface area contributed by atoms with Crippen molar-refractivity contribution in [2.45, 2.75) is 45.6 Å². The third-order valence-electron chi connectivity index (χ3n) is 3.64. The summed E-state index contributed by atoms with van der Waals surface area (Å²) in [6.07, 6.45) is 1.30. The van der Waals surface area contributed by atoms with Crippen molar-refractivity contribution in [1.82, 2.24) is 5.32 Å². The molecule has 24 heavy (non-hydrogen) atoms. The van der Waals surface area contributed by atoms with Crippen molar-refractivity contribution < 1.29 is 4.79 Å². The number of benzene rings is 2. The number of carbonyl (C=O) groups is 1. The molecule has 0 bridgehead atoms. The SMILES string of the molecule is CC(C)(C)NC(=N)CCC(=O)Cc1ccc(-c2ccccc2)cc1. The lowest BCUT2D eigenvalue weighted by Gasteiger charge is -2.22. The van der Waals surface area contributed by atoms with E-state index in [2.05, 4.69) is 29.6 Å². The monoisotopic (exact) mass is 322 g/mol. The number of Topliss-reactive ketones (excluding diaryl/α,β-unsaturated/α-hetero) is 1. The van der Waals surface area contributed by atoms with Gasteiger partial charge in [0.2, 0.25) is 0 Å². The number of carbonyl (C=O) groups excluding carboxylic acids is 1. The third kappa shape index (κ3) is 5.99. The molecule has 3 nitrogen and oxygen atoms in total. The zero-order valence-electron chi connectivity index (χ0n) is 14.7. The highest BCUT2D eigenvalue weighted by Gasteiger charge is 2.12. The fourth-order valence-electron chi connectivity index (χ4n) is 2.54. The molecule has 0 heterocycles. The Bertz CT molecular complexity index is 682. The van der Waals surface area contributed by atoms with E-state index in [9.17, 15) is 4.79 Å². The highest BCUT2D eigenvalue weighted by molar-refractivity contribution is 5.87. The maximum atomic E-state index is 12.1. The van der Waals surface area contributed by atoms with Gasteiger partial charge in [0.1, 0.15) is 5.78 Å². The van der Waals surface area contributed by atoms with Crippen LogP contribution in [0.1, 0.15) is 39.2 Å². The molecule has 0 aliphatic heterocycles. The smallest absolute Gasteiger partial charge is 0.137 e. The van der Waals surface area contributed by atoms with Crippen LogP contribution in [-0.2, 0) is 11.2 Å². The molecule has 0 aliphatic rings. The summed E-state index contributed by atoms with van der Waals surface area (Å²) in [6, 6.07) is 18.3. The van der Waals surface area contributed by atoms with Crippen LogP contribution < -0.4 is 5.32 Å². The molecule has 0 spiro atoms. The van der Waals surface area contributed by atoms with Gasteiger partial charge in [-0.1, -0.05) is 54.6 Å². The Morgan fingerprint density at radius 2 is 1.50 bits per heavy atom. The minimum Gasteiger partial charge on any atom is -0.369 e. The van der Waals surface area contributed by atoms with E-state index in [4.69, 9.17) is 5.41 Å². The Morgan fingerprint density at radius 1 is 0.917 bits per heavy atom. The van der Waals surface area contributed by atoms with Gasteiger partial charge in [-0.15, -0.1) is 0 Å². The Labute approximate surface area is 144 Å². The van der Waals surface area contributed by atoms with Gasteiger partial charge in [-0.05, 0) is 37.5 Å². The second kappa shape index (κ2) is 7.91. The molecule has 0 atom stereocenters. The lowest BCUT2D eigenvalue weighted by atomic mass is 10.0. The van der Waals surface area contributed by atoms with E-state index in [1.54, 1.807) is 0 Å². The first-order valence-corrected chi connectivity index (χ1v) is 8.35. The van der Waals surface area contributed by atoms with E-state index in [1.807, 2.05) is 51.1 Å². The molecule has 0 aromatic heterocycles. The van der Waals surface area contributed by atoms with Gasteiger partial charge in [0, 0.05) is 24.8 Å². The van der Waals surface area contributed by atoms with Crippen LogP contribution in [0.2, 0.25) is 0 Å². The van der Waals surface area contributed by atoms with E-state index in [1.165, 1.54) is 5.56 Å². The van der Waals surface area contributed by atoms with Crippen LogP contribution in [0.15, 0.2) is 54.6 Å². The van der Waals surface area contributed by atoms with Gasteiger partial charge in [-0.25, -0.2) is 0 Å². The predicted molar refractivity (Wildman–Crippen MR) is 100 cm³/mol. The second-order valence-electron chi connectivity index (χ2n) is 7.13. The van der Waals surface area contributed by atoms with Crippen LogP contribution in [0.5, 0.6) is 0 Å². The van der Waals surface area contributed by atoms with Crippen molar-refractivity contribution in [1.29, 1.82) is 5.41 Å². The number of rotatable bonds is 6. The second-order valence-corrected chi connectivity index (χ2v) is 7.13. The van der Waals surface area contributed by atoms with Crippen LogP contribution >= 0.6 is 0 Å².